The lowest BCUT2D eigenvalue weighted by atomic mass is 10.2. The fourth-order valence-electron chi connectivity index (χ4n) is 2.14. The summed E-state index contributed by atoms with van der Waals surface area (Å²) in [5, 5.41) is 1.93. The summed E-state index contributed by atoms with van der Waals surface area (Å²) in [7, 11) is -6.94. The number of anilines is 1. The Balaban J connectivity index is 2.34. The van der Waals surface area contributed by atoms with Crippen molar-refractivity contribution in [1.29, 1.82) is 0 Å². The van der Waals surface area contributed by atoms with Crippen molar-refractivity contribution in [2.75, 3.05) is 11.6 Å². The number of amides is 1. The minimum absolute atomic E-state index is 0.0322. The van der Waals surface area contributed by atoms with Gasteiger partial charge in [0.2, 0.25) is 0 Å². The smallest absolute Gasteiger partial charge is 0.256 e. The van der Waals surface area contributed by atoms with Gasteiger partial charge in [-0.2, -0.15) is 0 Å². The van der Waals surface area contributed by atoms with E-state index in [1.807, 2.05) is 0 Å². The Morgan fingerprint density at radius 3 is 2.00 bits per heavy atom. The lowest BCUT2D eigenvalue weighted by Crippen LogP contribution is -2.20. The predicted molar refractivity (Wildman–Crippen MR) is 96.3 cm³/mol. The molecule has 0 aliphatic heterocycles. The van der Waals surface area contributed by atoms with Gasteiger partial charge in [-0.1, -0.05) is 12.1 Å². The number of nitrogens with one attached hydrogen (secondary N) is 1. The Hall–Kier alpha value is -2.19. The van der Waals surface area contributed by atoms with Crippen LogP contribution in [-0.2, 0) is 19.7 Å². The quantitative estimate of drug-likeness (QED) is 0.858. The highest BCUT2D eigenvalue weighted by Crippen LogP contribution is 2.22. The molecule has 0 fully saturated rings. The molecule has 0 unspecified atom stereocenters. The van der Waals surface area contributed by atoms with Crippen molar-refractivity contribution in [3.05, 3.63) is 54.1 Å². The molecule has 2 aromatic rings. The first-order chi connectivity index (χ1) is 11.5. The summed E-state index contributed by atoms with van der Waals surface area (Å²) in [6, 6.07) is 11.6. The van der Waals surface area contributed by atoms with Gasteiger partial charge in [-0.25, -0.2) is 16.8 Å². The van der Waals surface area contributed by atoms with Crippen molar-refractivity contribution < 1.29 is 21.6 Å². The molecule has 0 aliphatic rings. The molecule has 0 saturated carbocycles. The Morgan fingerprint density at radius 2 is 1.48 bits per heavy atom. The fraction of sp³-hybridized carbons (Fsp3) is 0.235. The van der Waals surface area contributed by atoms with Gasteiger partial charge in [0.25, 0.3) is 5.91 Å². The van der Waals surface area contributed by atoms with Gasteiger partial charge in [0, 0.05) is 11.9 Å². The highest BCUT2D eigenvalue weighted by Gasteiger charge is 2.25. The van der Waals surface area contributed by atoms with Crippen LogP contribution in [0.4, 0.5) is 5.69 Å². The second-order valence-corrected chi connectivity index (χ2v) is 10.3. The molecule has 0 heterocycles. The third-order valence-electron chi connectivity index (χ3n) is 3.60. The molecule has 0 saturated heterocycles. The minimum Gasteiger partial charge on any atom is -0.322 e. The average molecular weight is 381 g/mol. The lowest BCUT2D eigenvalue weighted by Gasteiger charge is -2.13. The zero-order valence-corrected chi connectivity index (χ0v) is 15.7. The number of carbonyl (C=O) groups is 1. The summed E-state index contributed by atoms with van der Waals surface area (Å²) in [6.45, 7) is 3.10. The maximum absolute atomic E-state index is 12.5. The summed E-state index contributed by atoms with van der Waals surface area (Å²) >= 11 is 0. The summed E-state index contributed by atoms with van der Waals surface area (Å²) in [4.78, 5) is 12.6. The zero-order chi connectivity index (χ0) is 18.8. The molecular weight excluding hydrogens is 362 g/mol. The second-order valence-electron chi connectivity index (χ2n) is 5.84. The number of rotatable bonds is 5. The number of hydrogen-bond donors (Lipinski definition) is 1. The van der Waals surface area contributed by atoms with Crippen LogP contribution >= 0.6 is 0 Å². The third-order valence-corrected chi connectivity index (χ3v) is 6.94. The molecule has 0 aliphatic carbocycles. The van der Waals surface area contributed by atoms with E-state index in [4.69, 9.17) is 0 Å². The first-order valence-electron chi connectivity index (χ1n) is 7.48. The fourth-order valence-corrected chi connectivity index (χ4v) is 4.01. The van der Waals surface area contributed by atoms with E-state index in [0.29, 0.717) is 5.69 Å². The summed E-state index contributed by atoms with van der Waals surface area (Å²) in [5.74, 6) is -0.577. The van der Waals surface area contributed by atoms with E-state index in [1.165, 1.54) is 36.4 Å². The maximum Gasteiger partial charge on any atom is 0.256 e. The van der Waals surface area contributed by atoms with E-state index in [9.17, 15) is 21.6 Å². The first-order valence-corrected chi connectivity index (χ1v) is 10.9. The average Bonchev–Trinajstić information content (AvgIpc) is 2.54. The Bertz CT molecular complexity index is 992. The van der Waals surface area contributed by atoms with Crippen LogP contribution < -0.4 is 5.32 Å². The van der Waals surface area contributed by atoms with Crippen LogP contribution in [-0.4, -0.2) is 34.2 Å². The van der Waals surface area contributed by atoms with Crippen molar-refractivity contribution >= 4 is 31.3 Å². The van der Waals surface area contributed by atoms with E-state index in [2.05, 4.69) is 5.32 Å². The van der Waals surface area contributed by atoms with Gasteiger partial charge in [0.1, 0.15) is 0 Å². The van der Waals surface area contributed by atoms with Crippen molar-refractivity contribution in [3.63, 3.8) is 0 Å². The molecule has 6 nitrogen and oxygen atoms in total. The molecule has 1 amide bonds. The van der Waals surface area contributed by atoms with E-state index in [1.54, 1.807) is 26.0 Å². The van der Waals surface area contributed by atoms with Crippen LogP contribution in [0.1, 0.15) is 24.2 Å². The Kier molecular flexibility index (Phi) is 5.34. The first kappa shape index (κ1) is 19.1. The molecule has 0 atom stereocenters. The predicted octanol–water partition coefficient (Wildman–Crippen LogP) is 2.52. The van der Waals surface area contributed by atoms with Gasteiger partial charge in [-0.05, 0) is 50.2 Å². The van der Waals surface area contributed by atoms with Crippen LogP contribution in [0.25, 0.3) is 0 Å². The van der Waals surface area contributed by atoms with Crippen molar-refractivity contribution in [1.82, 2.24) is 0 Å². The van der Waals surface area contributed by atoms with Crippen LogP contribution in [0.3, 0.4) is 0 Å². The number of hydrogen-bond acceptors (Lipinski definition) is 5. The topological polar surface area (TPSA) is 97.4 Å². The van der Waals surface area contributed by atoms with E-state index < -0.39 is 30.8 Å². The molecule has 134 valence electrons. The van der Waals surface area contributed by atoms with Crippen molar-refractivity contribution in [2.45, 2.75) is 28.9 Å². The summed E-state index contributed by atoms with van der Waals surface area (Å²) in [5.41, 5.74) is 0.414. The molecule has 2 rings (SSSR count). The van der Waals surface area contributed by atoms with E-state index in [-0.39, 0.29) is 15.4 Å². The molecule has 0 radical (unpaired) electrons. The second kappa shape index (κ2) is 6.97. The van der Waals surface area contributed by atoms with Crippen LogP contribution in [0.5, 0.6) is 0 Å². The number of sulfone groups is 2. The van der Waals surface area contributed by atoms with Gasteiger partial charge in [0.05, 0.1) is 20.6 Å². The summed E-state index contributed by atoms with van der Waals surface area (Å²) < 4.78 is 47.7. The highest BCUT2D eigenvalue weighted by molar-refractivity contribution is 7.92. The van der Waals surface area contributed by atoms with Gasteiger partial charge in [-0.3, -0.25) is 4.79 Å². The zero-order valence-electron chi connectivity index (χ0n) is 14.1. The lowest BCUT2D eigenvalue weighted by molar-refractivity contribution is 0.102. The van der Waals surface area contributed by atoms with Gasteiger partial charge >= 0.3 is 0 Å². The molecule has 0 aromatic heterocycles. The Morgan fingerprint density at radius 1 is 0.920 bits per heavy atom. The van der Waals surface area contributed by atoms with Crippen molar-refractivity contribution in [3.8, 4) is 0 Å². The molecular formula is C17H19NO5S2. The largest absolute Gasteiger partial charge is 0.322 e. The van der Waals surface area contributed by atoms with E-state index >= 15 is 0 Å². The molecule has 8 heteroatoms. The van der Waals surface area contributed by atoms with E-state index in [0.717, 1.165) is 6.26 Å². The minimum atomic E-state index is -3.61. The normalized spacial score (nSPS) is 12.2. The highest BCUT2D eigenvalue weighted by atomic mass is 32.2. The third kappa shape index (κ3) is 4.26. The SMILES string of the molecule is CC(C)S(=O)(=O)c1ccccc1C(=O)Nc1ccc(S(C)(=O)=O)cc1. The Labute approximate surface area is 147 Å². The molecule has 25 heavy (non-hydrogen) atoms. The van der Waals surface area contributed by atoms with Crippen molar-refractivity contribution in [2.24, 2.45) is 0 Å². The standard InChI is InChI=1S/C17H19NO5S2/c1-12(2)25(22,23)16-7-5-4-6-15(16)17(19)18-13-8-10-14(11-9-13)24(3,20)21/h4-12H,1-3H3,(H,18,19). The maximum atomic E-state index is 12.5. The van der Waals surface area contributed by atoms with Gasteiger partial charge in [0.15, 0.2) is 19.7 Å². The molecule has 1 N–H and O–H groups in total. The summed E-state index contributed by atoms with van der Waals surface area (Å²) in [6.07, 6.45) is 1.09. The van der Waals surface area contributed by atoms with Gasteiger partial charge in [-0.15, -0.1) is 0 Å². The molecule has 0 spiro atoms. The molecule has 0 bridgehead atoms. The molecule has 2 aromatic carbocycles. The number of carbonyl (C=O) groups excluding carboxylic acids is 1. The van der Waals surface area contributed by atoms with Crippen LogP contribution in [0.15, 0.2) is 58.3 Å². The monoisotopic (exact) mass is 381 g/mol. The van der Waals surface area contributed by atoms with Crippen LogP contribution in [0, 0.1) is 0 Å². The number of benzene rings is 2. The van der Waals surface area contributed by atoms with Crippen LogP contribution in [0.2, 0.25) is 0 Å². The van der Waals surface area contributed by atoms with Gasteiger partial charge < -0.3 is 5.32 Å².